The summed E-state index contributed by atoms with van der Waals surface area (Å²) in [5, 5.41) is 19.0. The fraction of sp³-hybridized carbons (Fsp3) is 1.00. The van der Waals surface area contributed by atoms with Gasteiger partial charge in [-0.25, -0.2) is 0 Å². The maximum atomic E-state index is 9.13. The third-order valence-electron chi connectivity index (χ3n) is 5.34. The van der Waals surface area contributed by atoms with Crippen LogP contribution in [0.15, 0.2) is 0 Å². The molecular formula is C20H43N3O. The zero-order valence-electron chi connectivity index (χ0n) is 16.9. The summed E-state index contributed by atoms with van der Waals surface area (Å²) in [7, 11) is 0. The van der Waals surface area contributed by atoms with Crippen molar-refractivity contribution in [2.45, 2.75) is 78.7 Å². The lowest BCUT2D eigenvalue weighted by Gasteiger charge is -2.29. The van der Waals surface area contributed by atoms with Crippen LogP contribution < -0.4 is 16.0 Å². The van der Waals surface area contributed by atoms with Gasteiger partial charge in [0.2, 0.25) is 0 Å². The average molecular weight is 342 g/mol. The number of hydrogen-bond donors (Lipinski definition) is 4. The Morgan fingerprint density at radius 2 is 1.12 bits per heavy atom. The van der Waals surface area contributed by atoms with Gasteiger partial charge < -0.3 is 21.1 Å². The molecule has 144 valence electrons. The molecule has 4 heteroatoms. The summed E-state index contributed by atoms with van der Waals surface area (Å²) in [5.41, 5.74) is 0.752. The van der Waals surface area contributed by atoms with Crippen LogP contribution in [0.25, 0.3) is 0 Å². The first-order valence-electron chi connectivity index (χ1n) is 9.97. The minimum Gasteiger partial charge on any atom is -0.389 e. The van der Waals surface area contributed by atoms with Gasteiger partial charge in [-0.05, 0) is 82.5 Å². The van der Waals surface area contributed by atoms with Crippen LogP contribution in [0.1, 0.15) is 73.1 Å². The molecule has 3 aliphatic rings. The zero-order valence-corrected chi connectivity index (χ0v) is 16.9. The van der Waals surface area contributed by atoms with E-state index in [0.717, 1.165) is 19.5 Å². The molecule has 1 atom stereocenters. The molecule has 0 spiro atoms. The minimum absolute atomic E-state index is 0.417. The summed E-state index contributed by atoms with van der Waals surface area (Å²) in [6.45, 7) is 17.8. The molecular weight excluding hydrogens is 298 g/mol. The normalized spacial score (nSPS) is 31.8. The number of aliphatic hydroxyl groups is 1. The first-order valence-corrected chi connectivity index (χ1v) is 9.97. The minimum atomic E-state index is -0.417. The number of nitrogens with one attached hydrogen (secondary N) is 3. The van der Waals surface area contributed by atoms with Gasteiger partial charge in [-0.1, -0.05) is 27.7 Å². The Bertz CT molecular complexity index is 314. The molecule has 0 bridgehead atoms. The van der Waals surface area contributed by atoms with Crippen molar-refractivity contribution in [1.82, 2.24) is 16.0 Å². The molecule has 4 N–H and O–H groups in total. The summed E-state index contributed by atoms with van der Waals surface area (Å²) in [4.78, 5) is 0. The molecule has 0 saturated carbocycles. The molecule has 0 aromatic rings. The molecule has 0 amide bonds. The van der Waals surface area contributed by atoms with Gasteiger partial charge in [-0.2, -0.15) is 0 Å². The van der Waals surface area contributed by atoms with Crippen molar-refractivity contribution in [1.29, 1.82) is 0 Å². The second kappa shape index (κ2) is 10.1. The van der Waals surface area contributed by atoms with Crippen molar-refractivity contribution < 1.29 is 5.11 Å². The van der Waals surface area contributed by atoms with E-state index in [1.165, 1.54) is 58.3 Å². The first-order chi connectivity index (χ1) is 11.1. The molecule has 3 rings (SSSR count). The molecule has 3 fully saturated rings. The van der Waals surface area contributed by atoms with Crippen molar-refractivity contribution in [3.05, 3.63) is 0 Å². The molecule has 4 nitrogen and oxygen atoms in total. The van der Waals surface area contributed by atoms with Crippen LogP contribution in [0.5, 0.6) is 0 Å². The highest BCUT2D eigenvalue weighted by Gasteiger charge is 2.24. The monoisotopic (exact) mass is 341 g/mol. The van der Waals surface area contributed by atoms with E-state index in [1.807, 2.05) is 6.92 Å². The fourth-order valence-corrected chi connectivity index (χ4v) is 3.38. The standard InChI is InChI=1S/C8H17N.C7H15N.C5H11NO/c1-8(2)4-3-6-9-7-5-8;1-7(2)4-3-5-8-6-7;1-5(7)2-3-6-4-5/h9H,3-7H2,1-2H3;8H,3-6H2,1-2H3;6-7H,2-4H2,1H3. The van der Waals surface area contributed by atoms with Crippen LogP contribution in [0.3, 0.4) is 0 Å². The van der Waals surface area contributed by atoms with Gasteiger partial charge in [0.05, 0.1) is 5.60 Å². The fourth-order valence-electron chi connectivity index (χ4n) is 3.38. The highest BCUT2D eigenvalue weighted by atomic mass is 16.3. The molecule has 1 unspecified atom stereocenters. The third kappa shape index (κ3) is 10.7. The summed E-state index contributed by atoms with van der Waals surface area (Å²) < 4.78 is 0. The lowest BCUT2D eigenvalue weighted by Crippen LogP contribution is -2.35. The smallest absolute Gasteiger partial charge is 0.0755 e. The summed E-state index contributed by atoms with van der Waals surface area (Å²) in [6, 6.07) is 0. The molecule has 0 aliphatic carbocycles. The molecule has 24 heavy (non-hydrogen) atoms. The molecule has 3 heterocycles. The first kappa shape index (κ1) is 21.9. The zero-order chi connectivity index (χ0) is 18.1. The Labute approximate surface area is 150 Å². The topological polar surface area (TPSA) is 56.3 Å². The third-order valence-corrected chi connectivity index (χ3v) is 5.34. The van der Waals surface area contributed by atoms with Crippen molar-refractivity contribution in [2.75, 3.05) is 39.3 Å². The van der Waals surface area contributed by atoms with E-state index in [1.54, 1.807) is 0 Å². The molecule has 0 aromatic carbocycles. The van der Waals surface area contributed by atoms with Crippen LogP contribution >= 0.6 is 0 Å². The van der Waals surface area contributed by atoms with E-state index < -0.39 is 5.60 Å². The second-order valence-corrected chi connectivity index (χ2v) is 9.64. The van der Waals surface area contributed by atoms with E-state index in [0.29, 0.717) is 10.8 Å². The number of piperidine rings is 1. The quantitative estimate of drug-likeness (QED) is 0.547. The van der Waals surface area contributed by atoms with Crippen molar-refractivity contribution >= 4 is 0 Å². The molecule has 3 saturated heterocycles. The Morgan fingerprint density at radius 1 is 0.583 bits per heavy atom. The van der Waals surface area contributed by atoms with E-state index >= 15 is 0 Å². The van der Waals surface area contributed by atoms with Gasteiger partial charge in [-0.15, -0.1) is 0 Å². The SMILES string of the molecule is CC1(C)CCCNC1.CC1(C)CCCNCC1.CC1(O)CCNC1. The Balaban J connectivity index is 0.000000181. The molecule has 0 aromatic heterocycles. The number of β-amino-alcohol motifs (C(OH)–C–C–N with tert-alkyl or cyclic N) is 1. The Hall–Kier alpha value is -0.160. The van der Waals surface area contributed by atoms with Crippen LogP contribution in [0, 0.1) is 10.8 Å². The largest absolute Gasteiger partial charge is 0.389 e. The Morgan fingerprint density at radius 3 is 1.50 bits per heavy atom. The predicted octanol–water partition coefficient (Wildman–Crippen LogP) is 2.91. The van der Waals surface area contributed by atoms with Crippen molar-refractivity contribution in [3.8, 4) is 0 Å². The summed E-state index contributed by atoms with van der Waals surface area (Å²) >= 11 is 0. The number of hydrogen-bond acceptors (Lipinski definition) is 4. The van der Waals surface area contributed by atoms with Gasteiger partial charge >= 0.3 is 0 Å². The highest BCUT2D eigenvalue weighted by molar-refractivity contribution is 4.82. The lowest BCUT2D eigenvalue weighted by atomic mass is 9.85. The van der Waals surface area contributed by atoms with E-state index in [9.17, 15) is 0 Å². The summed E-state index contributed by atoms with van der Waals surface area (Å²) in [6.07, 6.45) is 7.72. The van der Waals surface area contributed by atoms with Gasteiger partial charge in [0, 0.05) is 13.1 Å². The van der Waals surface area contributed by atoms with Crippen LogP contribution in [-0.4, -0.2) is 50.0 Å². The van der Waals surface area contributed by atoms with Crippen LogP contribution in [0.2, 0.25) is 0 Å². The maximum absolute atomic E-state index is 9.13. The van der Waals surface area contributed by atoms with Crippen LogP contribution in [0.4, 0.5) is 0 Å². The van der Waals surface area contributed by atoms with Gasteiger partial charge in [0.15, 0.2) is 0 Å². The van der Waals surface area contributed by atoms with Crippen molar-refractivity contribution in [2.24, 2.45) is 10.8 Å². The van der Waals surface area contributed by atoms with Gasteiger partial charge in [0.1, 0.15) is 0 Å². The maximum Gasteiger partial charge on any atom is 0.0755 e. The highest BCUT2D eigenvalue weighted by Crippen LogP contribution is 2.27. The Kier molecular flexibility index (Phi) is 9.21. The van der Waals surface area contributed by atoms with E-state index in [2.05, 4.69) is 43.6 Å². The molecule has 3 aliphatic heterocycles. The van der Waals surface area contributed by atoms with Crippen LogP contribution in [-0.2, 0) is 0 Å². The van der Waals surface area contributed by atoms with Gasteiger partial charge in [0.25, 0.3) is 0 Å². The molecule has 0 radical (unpaired) electrons. The lowest BCUT2D eigenvalue weighted by molar-refractivity contribution is 0.0820. The van der Waals surface area contributed by atoms with Gasteiger partial charge in [-0.3, -0.25) is 0 Å². The number of rotatable bonds is 0. The average Bonchev–Trinajstić information content (AvgIpc) is 2.76. The van der Waals surface area contributed by atoms with Crippen molar-refractivity contribution in [3.63, 3.8) is 0 Å². The summed E-state index contributed by atoms with van der Waals surface area (Å²) in [5.74, 6) is 0. The van der Waals surface area contributed by atoms with E-state index in [-0.39, 0.29) is 0 Å². The second-order valence-electron chi connectivity index (χ2n) is 9.64. The predicted molar refractivity (Wildman–Crippen MR) is 104 cm³/mol. The van der Waals surface area contributed by atoms with E-state index in [4.69, 9.17) is 5.11 Å².